The van der Waals surface area contributed by atoms with Gasteiger partial charge in [0.2, 0.25) is 0 Å². The molecule has 0 saturated carbocycles. The first kappa shape index (κ1) is 15.0. The minimum Gasteiger partial charge on any atom is -0.464 e. The maximum Gasteiger partial charge on any atom is 0.415 e. The van der Waals surface area contributed by atoms with Gasteiger partial charge in [-0.15, -0.1) is 0 Å². The number of hydrogen-bond acceptors (Lipinski definition) is 5. The van der Waals surface area contributed by atoms with E-state index in [1.807, 2.05) is 0 Å². The molecule has 0 aromatic carbocycles. The number of aromatic nitrogens is 2. The zero-order chi connectivity index (χ0) is 14.8. The van der Waals surface area contributed by atoms with E-state index in [9.17, 15) is 9.59 Å². The van der Waals surface area contributed by atoms with Gasteiger partial charge in [0.15, 0.2) is 11.5 Å². The highest BCUT2D eigenvalue weighted by molar-refractivity contribution is 5.98. The molecule has 1 heterocycles. The smallest absolute Gasteiger partial charge is 0.415 e. The number of methoxy groups -OCH3 is 1. The van der Waals surface area contributed by atoms with Crippen molar-refractivity contribution in [3.63, 3.8) is 0 Å². The second kappa shape index (κ2) is 5.29. The van der Waals surface area contributed by atoms with Crippen LogP contribution in [-0.4, -0.2) is 41.4 Å². The van der Waals surface area contributed by atoms with Crippen LogP contribution in [0.2, 0.25) is 0 Å². The summed E-state index contributed by atoms with van der Waals surface area (Å²) in [6.07, 6.45) is 0.846. The van der Waals surface area contributed by atoms with Crippen LogP contribution >= 0.6 is 0 Å². The predicted octanol–water partition coefficient (Wildman–Crippen LogP) is 1.58. The highest BCUT2D eigenvalue weighted by atomic mass is 16.6. The van der Waals surface area contributed by atoms with E-state index >= 15 is 0 Å². The number of esters is 1. The van der Waals surface area contributed by atoms with Crippen molar-refractivity contribution < 1.29 is 19.1 Å². The highest BCUT2D eigenvalue weighted by Crippen LogP contribution is 2.20. The minimum absolute atomic E-state index is 0.191. The summed E-state index contributed by atoms with van der Waals surface area (Å²) < 4.78 is 11.4. The summed E-state index contributed by atoms with van der Waals surface area (Å²) in [5.74, 6) is -0.367. The molecule has 0 aliphatic carbocycles. The molecule has 106 valence electrons. The number of carbonyl (C=O) groups excluding carboxylic acids is 2. The maximum absolute atomic E-state index is 11.9. The topological polar surface area (TPSA) is 73.7 Å². The van der Waals surface area contributed by atoms with Gasteiger partial charge in [0, 0.05) is 14.1 Å². The Balaban J connectivity index is 3.04. The first-order valence-corrected chi connectivity index (χ1v) is 5.73. The number of amides is 1. The molecule has 0 unspecified atom stereocenters. The number of nitrogens with zero attached hydrogens (tertiary/aromatic N) is 3. The van der Waals surface area contributed by atoms with E-state index < -0.39 is 17.7 Å². The molecule has 0 radical (unpaired) electrons. The summed E-state index contributed by atoms with van der Waals surface area (Å²) in [6.45, 7) is 5.29. The van der Waals surface area contributed by atoms with Gasteiger partial charge in [0.25, 0.3) is 0 Å². The number of imidazole rings is 1. The molecule has 0 aliphatic heterocycles. The van der Waals surface area contributed by atoms with E-state index in [4.69, 9.17) is 4.74 Å². The van der Waals surface area contributed by atoms with E-state index in [0.717, 1.165) is 0 Å². The van der Waals surface area contributed by atoms with Crippen LogP contribution in [-0.2, 0) is 16.5 Å². The molecule has 0 bridgehead atoms. The average Bonchev–Trinajstić information content (AvgIpc) is 2.66. The summed E-state index contributed by atoms with van der Waals surface area (Å²) >= 11 is 0. The van der Waals surface area contributed by atoms with E-state index in [-0.39, 0.29) is 11.5 Å². The van der Waals surface area contributed by atoms with Crippen LogP contribution in [0.15, 0.2) is 6.33 Å². The molecule has 19 heavy (non-hydrogen) atoms. The van der Waals surface area contributed by atoms with Gasteiger partial charge in [0.05, 0.1) is 13.4 Å². The Hall–Kier alpha value is -2.05. The summed E-state index contributed by atoms with van der Waals surface area (Å²) in [4.78, 5) is 28.8. The Morgan fingerprint density at radius 3 is 2.42 bits per heavy atom. The number of ether oxygens (including phenoxy) is 2. The van der Waals surface area contributed by atoms with Crippen molar-refractivity contribution in [1.82, 2.24) is 9.55 Å². The van der Waals surface area contributed by atoms with Crippen LogP contribution < -0.4 is 4.90 Å². The molecule has 0 saturated heterocycles. The van der Waals surface area contributed by atoms with Crippen LogP contribution in [0.1, 0.15) is 31.3 Å². The normalized spacial score (nSPS) is 11.1. The lowest BCUT2D eigenvalue weighted by Crippen LogP contribution is -2.35. The van der Waals surface area contributed by atoms with Crippen LogP contribution in [0.5, 0.6) is 0 Å². The number of rotatable bonds is 2. The largest absolute Gasteiger partial charge is 0.464 e. The average molecular weight is 269 g/mol. The third kappa shape index (κ3) is 3.46. The van der Waals surface area contributed by atoms with Crippen molar-refractivity contribution in [3.05, 3.63) is 12.0 Å². The molecule has 0 spiro atoms. The molecule has 0 atom stereocenters. The molecule has 0 fully saturated rings. The first-order valence-electron chi connectivity index (χ1n) is 5.73. The Morgan fingerprint density at radius 2 is 1.95 bits per heavy atom. The van der Waals surface area contributed by atoms with Crippen LogP contribution in [0.3, 0.4) is 0 Å². The van der Waals surface area contributed by atoms with Crippen molar-refractivity contribution in [2.75, 3.05) is 19.1 Å². The summed E-state index contributed by atoms with van der Waals surface area (Å²) in [5, 5.41) is 0. The molecule has 1 amide bonds. The summed E-state index contributed by atoms with van der Waals surface area (Å²) in [6, 6.07) is 0. The lowest BCUT2D eigenvalue weighted by Gasteiger charge is -2.23. The number of anilines is 1. The molecule has 0 aliphatic rings. The van der Waals surface area contributed by atoms with Crippen molar-refractivity contribution in [2.24, 2.45) is 7.05 Å². The molecule has 1 aromatic heterocycles. The van der Waals surface area contributed by atoms with Crippen LogP contribution in [0.25, 0.3) is 0 Å². The second-order valence-corrected chi connectivity index (χ2v) is 5.06. The van der Waals surface area contributed by atoms with Gasteiger partial charge in [-0.2, -0.15) is 0 Å². The molecule has 0 N–H and O–H groups in total. The fraction of sp³-hybridized carbons (Fsp3) is 0.583. The minimum atomic E-state index is -0.619. The molecule has 7 heteroatoms. The number of aryl methyl sites for hydroxylation is 1. The SMILES string of the molecule is COC(=O)c1c(N(C)C(=O)OC(C)(C)C)ncn1C. The van der Waals surface area contributed by atoms with Gasteiger partial charge < -0.3 is 14.0 Å². The Labute approximate surface area is 112 Å². The van der Waals surface area contributed by atoms with E-state index in [0.29, 0.717) is 0 Å². The molecular weight excluding hydrogens is 250 g/mol. The van der Waals surface area contributed by atoms with Gasteiger partial charge in [-0.05, 0) is 20.8 Å². The van der Waals surface area contributed by atoms with Gasteiger partial charge in [0.1, 0.15) is 5.60 Å². The van der Waals surface area contributed by atoms with Crippen molar-refractivity contribution in [3.8, 4) is 0 Å². The van der Waals surface area contributed by atoms with Crippen molar-refractivity contribution in [2.45, 2.75) is 26.4 Å². The van der Waals surface area contributed by atoms with Crippen LogP contribution in [0, 0.1) is 0 Å². The number of hydrogen-bond donors (Lipinski definition) is 0. The van der Waals surface area contributed by atoms with Gasteiger partial charge in [-0.3, -0.25) is 4.90 Å². The monoisotopic (exact) mass is 269 g/mol. The second-order valence-electron chi connectivity index (χ2n) is 5.06. The maximum atomic E-state index is 11.9. The fourth-order valence-electron chi connectivity index (χ4n) is 1.41. The quantitative estimate of drug-likeness (QED) is 0.762. The van der Waals surface area contributed by atoms with Gasteiger partial charge in [-0.25, -0.2) is 14.6 Å². The molecule has 1 rings (SSSR count). The summed E-state index contributed by atoms with van der Waals surface area (Å²) in [7, 11) is 4.40. The Morgan fingerprint density at radius 1 is 1.37 bits per heavy atom. The lowest BCUT2D eigenvalue weighted by atomic mass is 10.2. The van der Waals surface area contributed by atoms with Gasteiger partial charge >= 0.3 is 12.1 Å². The Bertz CT molecular complexity index is 488. The predicted molar refractivity (Wildman–Crippen MR) is 69.2 cm³/mol. The first-order chi connectivity index (χ1) is 8.67. The van der Waals surface area contributed by atoms with E-state index in [2.05, 4.69) is 9.72 Å². The van der Waals surface area contributed by atoms with E-state index in [1.165, 1.54) is 30.0 Å². The van der Waals surface area contributed by atoms with Crippen LogP contribution in [0.4, 0.5) is 10.6 Å². The third-order valence-corrected chi connectivity index (χ3v) is 2.28. The fourth-order valence-corrected chi connectivity index (χ4v) is 1.41. The summed E-state index contributed by atoms with van der Waals surface area (Å²) in [5.41, 5.74) is -0.429. The molecular formula is C12H19N3O4. The van der Waals surface area contributed by atoms with Crippen molar-refractivity contribution >= 4 is 17.9 Å². The van der Waals surface area contributed by atoms with E-state index in [1.54, 1.807) is 27.8 Å². The molecule has 7 nitrogen and oxygen atoms in total. The molecule has 1 aromatic rings. The lowest BCUT2D eigenvalue weighted by molar-refractivity contribution is 0.0583. The van der Waals surface area contributed by atoms with Crippen molar-refractivity contribution in [1.29, 1.82) is 0 Å². The van der Waals surface area contributed by atoms with Gasteiger partial charge in [-0.1, -0.05) is 0 Å². The third-order valence-electron chi connectivity index (χ3n) is 2.28. The Kier molecular flexibility index (Phi) is 4.18. The zero-order valence-corrected chi connectivity index (χ0v) is 12.1. The standard InChI is InChI=1S/C12H19N3O4/c1-12(2,3)19-11(17)15(5)9-8(10(16)18-6)14(4)7-13-9/h7H,1-6H3. The highest BCUT2D eigenvalue weighted by Gasteiger charge is 2.27. The zero-order valence-electron chi connectivity index (χ0n) is 12.1. The number of carbonyl (C=O) groups is 2.